The van der Waals surface area contributed by atoms with Gasteiger partial charge < -0.3 is 49.1 Å². The third-order valence-corrected chi connectivity index (χ3v) is 14.9. The number of benzene rings is 1. The molecule has 1 aromatic heterocycles. The topological polar surface area (TPSA) is 231 Å². The molecular weight excluding hydrogens is 827 g/mol. The fourth-order valence-corrected chi connectivity index (χ4v) is 11.3. The second kappa shape index (κ2) is 17.1. The molecule has 11 atom stereocenters. The molecule has 5 aliphatic rings. The van der Waals surface area contributed by atoms with Gasteiger partial charge in [0.25, 0.3) is 0 Å². The first-order chi connectivity index (χ1) is 29.3. The van der Waals surface area contributed by atoms with Crippen LogP contribution in [0.25, 0.3) is 0 Å². The number of rotatable bonds is 11. The molecule has 1 amide bonds. The summed E-state index contributed by atoms with van der Waals surface area (Å²) in [4.78, 5) is 84.0. The van der Waals surface area contributed by atoms with Gasteiger partial charge in [-0.1, -0.05) is 45.0 Å². The number of amides is 1. The van der Waals surface area contributed by atoms with Gasteiger partial charge in [0.1, 0.15) is 36.1 Å². The molecule has 3 saturated carbocycles. The number of aliphatic hydroxyl groups excluding tert-OH is 2. The van der Waals surface area contributed by atoms with Gasteiger partial charge in [-0.2, -0.15) is 0 Å². The summed E-state index contributed by atoms with van der Waals surface area (Å²) in [5.41, 5.74) is -7.58. The highest BCUT2D eigenvalue weighted by Crippen LogP contribution is 2.64. The predicted octanol–water partition coefficient (Wildman–Crippen LogP) is 4.43. The Morgan fingerprint density at radius 3 is 2.27 bits per heavy atom. The normalized spacial score (nSPS) is 33.5. The van der Waals surface area contributed by atoms with Gasteiger partial charge in [0.15, 0.2) is 23.6 Å². The maximum absolute atomic E-state index is 15.6. The number of esters is 4. The number of nitrogens with one attached hydrogen (secondary N) is 1. The Labute approximate surface area is 363 Å². The van der Waals surface area contributed by atoms with E-state index in [2.05, 4.69) is 5.32 Å². The van der Waals surface area contributed by atoms with Gasteiger partial charge in [-0.15, -0.1) is 11.3 Å². The van der Waals surface area contributed by atoms with Gasteiger partial charge in [0, 0.05) is 36.5 Å². The number of thiophene rings is 1. The number of Topliss-reactive ketones (excluding diaryl/α,β-unsaturated/α-hetero) is 1. The van der Waals surface area contributed by atoms with Crippen molar-refractivity contribution in [2.45, 2.75) is 146 Å². The van der Waals surface area contributed by atoms with Crippen molar-refractivity contribution in [1.82, 2.24) is 5.32 Å². The van der Waals surface area contributed by atoms with E-state index in [0.29, 0.717) is 17.7 Å². The number of fused-ring (bicyclic) bond motifs is 5. The molecule has 4 unspecified atom stereocenters. The molecule has 336 valence electrons. The van der Waals surface area contributed by atoms with Crippen LogP contribution in [0.2, 0.25) is 0 Å². The molecule has 0 radical (unpaired) electrons. The Kier molecular flexibility index (Phi) is 12.5. The summed E-state index contributed by atoms with van der Waals surface area (Å²) in [6.45, 7) is 8.47. The van der Waals surface area contributed by atoms with Crippen molar-refractivity contribution in [3.05, 3.63) is 69.4 Å². The number of carbonyl (C=O) groups is 6. The first-order valence-corrected chi connectivity index (χ1v) is 22.0. The highest BCUT2D eigenvalue weighted by atomic mass is 32.1. The van der Waals surface area contributed by atoms with Gasteiger partial charge >= 0.3 is 30.0 Å². The largest absolute Gasteiger partial charge is 0.456 e. The SMILES string of the molecule is CCC(=O)OC1C(=O)[C@]2(C)C(O)C[C@H]3OC[C@@]3(OC(C)=O)C2C(OC(=O)c2ccccc2)[C@]2(O)C[C@H](OC(=O)[C@H](O)[C@@H](NC(=O)OC3CCCC3)c3cccs3)C(C)=C1C2(C)C. The van der Waals surface area contributed by atoms with E-state index in [1.807, 2.05) is 0 Å². The summed E-state index contributed by atoms with van der Waals surface area (Å²) in [5.74, 6) is -6.11. The summed E-state index contributed by atoms with van der Waals surface area (Å²) in [6.07, 6.45) is -8.59. The van der Waals surface area contributed by atoms with Gasteiger partial charge in [-0.25, -0.2) is 14.4 Å². The quantitative estimate of drug-likeness (QED) is 0.139. The zero-order valence-electron chi connectivity index (χ0n) is 35.6. The maximum Gasteiger partial charge on any atom is 0.408 e. The average molecular weight is 882 g/mol. The lowest BCUT2D eigenvalue weighted by atomic mass is 9.44. The standard InChI is InChI=1S/C45H55NO15S/c1-7-31(49)59-35-32-23(2)27(58-40(53)34(50)33(28-18-13-19-62-28)46-41(54)57-26-16-11-12-17-26)21-45(55,42(32,4)5)38(60-39(52)25-14-9-8-10-15-25)36-43(6,37(35)51)29(48)20-30-44(36,22-56-30)61-24(3)47/h8-10,13-15,18-19,26-27,29-30,33-36,38,48,50,55H,7,11-12,16-17,20-22H2,1-6H3,(H,46,54)/t27-,29?,30+,33-,34+,35?,36?,38?,43+,44-,45+/m0/s1. The molecule has 1 aromatic carbocycles. The Morgan fingerprint density at radius 2 is 1.68 bits per heavy atom. The van der Waals surface area contributed by atoms with Crippen LogP contribution in [0.4, 0.5) is 4.79 Å². The van der Waals surface area contributed by atoms with Crippen molar-refractivity contribution < 1.29 is 72.5 Å². The number of hydrogen-bond donors (Lipinski definition) is 4. The molecule has 17 heteroatoms. The fourth-order valence-electron chi connectivity index (χ4n) is 10.5. The van der Waals surface area contributed by atoms with Crippen LogP contribution in [-0.2, 0) is 47.6 Å². The third-order valence-electron chi connectivity index (χ3n) is 14.0. The fraction of sp³-hybridized carbons (Fsp3) is 0.600. The van der Waals surface area contributed by atoms with Crippen LogP contribution in [0.3, 0.4) is 0 Å². The van der Waals surface area contributed by atoms with E-state index in [4.69, 9.17) is 28.4 Å². The lowest BCUT2D eigenvalue weighted by Crippen LogP contribution is -2.82. The van der Waals surface area contributed by atoms with Crippen LogP contribution in [-0.4, -0.2) is 112 Å². The van der Waals surface area contributed by atoms with E-state index < -0.39 is 113 Å². The number of carbonyl (C=O) groups excluding carboxylic acids is 6. The molecule has 2 heterocycles. The Morgan fingerprint density at radius 1 is 0.984 bits per heavy atom. The van der Waals surface area contributed by atoms with Gasteiger partial charge in [-0.3, -0.25) is 14.4 Å². The minimum Gasteiger partial charge on any atom is -0.456 e. The monoisotopic (exact) mass is 881 g/mol. The minimum absolute atomic E-state index is 0.0135. The highest BCUT2D eigenvalue weighted by molar-refractivity contribution is 7.10. The number of aliphatic hydroxyl groups is 3. The summed E-state index contributed by atoms with van der Waals surface area (Å²) in [6, 6.07) is 9.85. The average Bonchev–Trinajstić information content (AvgIpc) is 3.96. The molecule has 16 nitrogen and oxygen atoms in total. The van der Waals surface area contributed by atoms with Crippen LogP contribution in [0, 0.1) is 16.7 Å². The summed E-state index contributed by atoms with van der Waals surface area (Å²) in [7, 11) is 0. The van der Waals surface area contributed by atoms with E-state index in [9.17, 15) is 39.3 Å². The summed E-state index contributed by atoms with van der Waals surface area (Å²) >= 11 is 1.17. The molecule has 4 fully saturated rings. The van der Waals surface area contributed by atoms with Gasteiger partial charge in [-0.05, 0) is 74.3 Å². The molecule has 1 aliphatic heterocycles. The molecule has 7 rings (SSSR count). The van der Waals surface area contributed by atoms with Crippen LogP contribution >= 0.6 is 11.3 Å². The van der Waals surface area contributed by atoms with Gasteiger partial charge in [0.05, 0.1) is 29.6 Å². The first-order valence-electron chi connectivity index (χ1n) is 21.1. The third kappa shape index (κ3) is 7.62. The molecule has 0 spiro atoms. The Hall–Kier alpha value is -4.68. The summed E-state index contributed by atoms with van der Waals surface area (Å²) in [5, 5.41) is 41.8. The lowest BCUT2D eigenvalue weighted by molar-refractivity contribution is -0.346. The van der Waals surface area contributed by atoms with Crippen molar-refractivity contribution in [2.75, 3.05) is 6.61 Å². The number of ketones is 1. The Bertz CT molecular complexity index is 2100. The van der Waals surface area contributed by atoms with Crippen molar-refractivity contribution in [3.63, 3.8) is 0 Å². The zero-order valence-corrected chi connectivity index (χ0v) is 36.4. The number of alkyl carbamates (subject to hydrolysis) is 1. The molecule has 4 aliphatic carbocycles. The number of hydrogen-bond acceptors (Lipinski definition) is 16. The highest BCUT2D eigenvalue weighted by Gasteiger charge is 2.78. The molecule has 2 aromatic rings. The predicted molar refractivity (Wildman–Crippen MR) is 218 cm³/mol. The first kappa shape index (κ1) is 45.3. The minimum atomic E-state index is -2.38. The van der Waals surface area contributed by atoms with E-state index >= 15 is 4.79 Å². The van der Waals surface area contributed by atoms with E-state index in [1.165, 1.54) is 44.2 Å². The molecule has 2 bridgehead atoms. The second-order valence-corrected chi connectivity index (χ2v) is 18.8. The smallest absolute Gasteiger partial charge is 0.408 e. The van der Waals surface area contributed by atoms with Gasteiger partial charge in [0.2, 0.25) is 0 Å². The zero-order chi connectivity index (χ0) is 44.9. The molecule has 62 heavy (non-hydrogen) atoms. The van der Waals surface area contributed by atoms with Crippen molar-refractivity contribution in [3.8, 4) is 0 Å². The molecule has 4 N–H and O–H groups in total. The van der Waals surface area contributed by atoms with Crippen molar-refractivity contribution in [1.29, 1.82) is 0 Å². The maximum atomic E-state index is 15.6. The summed E-state index contributed by atoms with van der Waals surface area (Å²) < 4.78 is 36.0. The molecular formula is C45H55NO15S. The second-order valence-electron chi connectivity index (χ2n) is 17.8. The van der Waals surface area contributed by atoms with Crippen LogP contribution in [0.15, 0.2) is 59.0 Å². The van der Waals surface area contributed by atoms with Crippen molar-refractivity contribution in [2.24, 2.45) is 16.7 Å². The van der Waals surface area contributed by atoms with Crippen LogP contribution in [0.5, 0.6) is 0 Å². The Balaban J connectivity index is 1.37. The van der Waals surface area contributed by atoms with E-state index in [1.54, 1.807) is 49.6 Å². The van der Waals surface area contributed by atoms with Crippen molar-refractivity contribution >= 4 is 47.1 Å². The number of ether oxygens (including phenoxy) is 6. The van der Waals surface area contributed by atoms with Crippen LogP contribution < -0.4 is 5.32 Å². The lowest BCUT2D eigenvalue weighted by Gasteiger charge is -2.67. The molecule has 1 saturated heterocycles. The van der Waals surface area contributed by atoms with Crippen LogP contribution in [0.1, 0.15) is 108 Å². The van der Waals surface area contributed by atoms with E-state index in [0.717, 1.165) is 19.8 Å². The van der Waals surface area contributed by atoms with E-state index in [-0.39, 0.29) is 42.3 Å².